The van der Waals surface area contributed by atoms with Crippen LogP contribution >= 0.6 is 0 Å². The third kappa shape index (κ3) is 7.79. The Morgan fingerprint density at radius 3 is 2.12 bits per heavy atom. The number of nitrogens with two attached hydrogens (primary N) is 1. The van der Waals surface area contributed by atoms with Gasteiger partial charge in [-0.1, -0.05) is 55.5 Å². The highest BCUT2D eigenvalue weighted by Gasteiger charge is 2.09. The fourth-order valence-electron chi connectivity index (χ4n) is 3.82. The van der Waals surface area contributed by atoms with Gasteiger partial charge in [0.25, 0.3) is 0 Å². The van der Waals surface area contributed by atoms with Crippen molar-refractivity contribution in [2.45, 2.75) is 14.4 Å². The third-order valence-electron chi connectivity index (χ3n) is 5.74. The van der Waals surface area contributed by atoms with Crippen LogP contribution in [0.25, 0.3) is 10.8 Å². The number of esters is 2. The van der Waals surface area contributed by atoms with E-state index in [-0.39, 0.29) is 13.4 Å². The summed E-state index contributed by atoms with van der Waals surface area (Å²) in [6.07, 6.45) is 1.59. The lowest BCUT2D eigenvalue weighted by atomic mass is 10.1. The van der Waals surface area contributed by atoms with E-state index in [4.69, 9.17) is 15.2 Å². The average molecular weight is 553 g/mol. The van der Waals surface area contributed by atoms with Crippen LogP contribution in [0, 0.1) is 6.92 Å². The zero-order valence-corrected chi connectivity index (χ0v) is 22.3. The molecule has 5 aromatic rings. The van der Waals surface area contributed by atoms with Crippen LogP contribution in [0.5, 0.6) is 11.6 Å². The smallest absolute Gasteiger partial charge is 0.337 e. The number of rotatable bonds is 6. The van der Waals surface area contributed by atoms with E-state index in [1.165, 1.54) is 14.2 Å². The van der Waals surface area contributed by atoms with Gasteiger partial charge < -0.3 is 25.3 Å². The van der Waals surface area contributed by atoms with Crippen molar-refractivity contribution < 1.29 is 23.8 Å². The van der Waals surface area contributed by atoms with Gasteiger partial charge in [0.05, 0.1) is 25.3 Å². The Kier molecular flexibility index (Phi) is 10.3. The molecule has 0 aliphatic carbocycles. The molecule has 9 heteroatoms. The standard InChI is InChI=1S/C22H18N4O3.C9H10O2.CH4/c1-28-21(27)14-5-4-6-15(13-14)25-22-24-12-11-20(26-22)29-19-10-9-18(23)16-7-2-3-8-17(16)19;1-7-4-3-5-8(6-7)9(10)11-2;/h2-13H,23H2,1H3,(H,24,25,26);3-6H,1-2H3;1H4. The van der Waals surface area contributed by atoms with Gasteiger partial charge in [0.2, 0.25) is 11.8 Å². The minimum Gasteiger partial charge on any atom is -0.465 e. The number of hydrogen-bond donors (Lipinski definition) is 2. The number of carbonyl (C=O) groups is 2. The van der Waals surface area contributed by atoms with E-state index in [9.17, 15) is 9.59 Å². The normalized spacial score (nSPS) is 9.93. The van der Waals surface area contributed by atoms with E-state index in [1.54, 1.807) is 54.7 Å². The lowest BCUT2D eigenvalue weighted by Gasteiger charge is -2.11. The number of carbonyl (C=O) groups excluding carboxylic acids is 2. The van der Waals surface area contributed by atoms with Gasteiger partial charge in [-0.15, -0.1) is 0 Å². The van der Waals surface area contributed by atoms with Crippen molar-refractivity contribution in [1.82, 2.24) is 9.97 Å². The quantitative estimate of drug-likeness (QED) is 0.170. The second-order valence-electron chi connectivity index (χ2n) is 8.58. The summed E-state index contributed by atoms with van der Waals surface area (Å²) in [5.74, 6) is 0.661. The van der Waals surface area contributed by atoms with Gasteiger partial charge in [-0.3, -0.25) is 0 Å². The maximum atomic E-state index is 11.7. The van der Waals surface area contributed by atoms with Gasteiger partial charge >= 0.3 is 11.9 Å². The number of fused-ring (bicyclic) bond motifs is 1. The van der Waals surface area contributed by atoms with Crippen LogP contribution in [0.2, 0.25) is 0 Å². The lowest BCUT2D eigenvalue weighted by molar-refractivity contribution is 0.0592. The zero-order chi connectivity index (χ0) is 28.5. The maximum absolute atomic E-state index is 11.7. The van der Waals surface area contributed by atoms with Gasteiger partial charge in [-0.25, -0.2) is 14.6 Å². The summed E-state index contributed by atoms with van der Waals surface area (Å²) in [4.78, 5) is 31.2. The predicted molar refractivity (Wildman–Crippen MR) is 161 cm³/mol. The second-order valence-corrected chi connectivity index (χ2v) is 8.58. The van der Waals surface area contributed by atoms with Crippen molar-refractivity contribution in [2.24, 2.45) is 0 Å². The van der Waals surface area contributed by atoms with E-state index in [1.807, 2.05) is 49.4 Å². The van der Waals surface area contributed by atoms with Crippen LogP contribution in [-0.2, 0) is 9.47 Å². The molecule has 0 radical (unpaired) electrons. The van der Waals surface area contributed by atoms with Crippen molar-refractivity contribution in [3.63, 3.8) is 0 Å². The summed E-state index contributed by atoms with van der Waals surface area (Å²) in [5, 5.41) is 4.87. The largest absolute Gasteiger partial charge is 0.465 e. The molecule has 0 aliphatic rings. The van der Waals surface area contributed by atoms with Crippen molar-refractivity contribution in [1.29, 1.82) is 0 Å². The molecule has 0 saturated carbocycles. The van der Waals surface area contributed by atoms with E-state index < -0.39 is 5.97 Å². The van der Waals surface area contributed by atoms with Crippen LogP contribution in [-0.4, -0.2) is 36.1 Å². The monoisotopic (exact) mass is 552 g/mol. The fourth-order valence-corrected chi connectivity index (χ4v) is 3.82. The van der Waals surface area contributed by atoms with Gasteiger partial charge in [-0.2, -0.15) is 4.98 Å². The molecule has 0 atom stereocenters. The first kappa shape index (κ1) is 30.1. The molecule has 0 bridgehead atoms. The molecule has 0 fully saturated rings. The summed E-state index contributed by atoms with van der Waals surface area (Å²) < 4.78 is 15.3. The first-order valence-electron chi connectivity index (χ1n) is 12.3. The molecular formula is C32H32N4O5. The summed E-state index contributed by atoms with van der Waals surface area (Å²) in [7, 11) is 2.72. The molecule has 0 amide bonds. The van der Waals surface area contributed by atoms with Crippen LogP contribution in [0.1, 0.15) is 33.7 Å². The number of methoxy groups -OCH3 is 2. The Hall–Kier alpha value is -5.44. The van der Waals surface area contributed by atoms with Crippen molar-refractivity contribution in [3.8, 4) is 11.6 Å². The molecule has 0 spiro atoms. The molecule has 210 valence electrons. The predicted octanol–water partition coefficient (Wildman–Crippen LogP) is 6.95. The Bertz CT molecular complexity index is 1650. The summed E-state index contributed by atoms with van der Waals surface area (Å²) in [5.41, 5.74) is 9.48. The van der Waals surface area contributed by atoms with Gasteiger partial charge in [0.1, 0.15) is 5.75 Å². The highest BCUT2D eigenvalue weighted by atomic mass is 16.5. The summed E-state index contributed by atoms with van der Waals surface area (Å²) in [6, 6.07) is 27.2. The van der Waals surface area contributed by atoms with E-state index >= 15 is 0 Å². The number of hydrogen-bond acceptors (Lipinski definition) is 9. The van der Waals surface area contributed by atoms with Gasteiger partial charge in [0, 0.05) is 34.4 Å². The molecule has 0 unspecified atom stereocenters. The number of nitrogen functional groups attached to an aromatic ring is 1. The molecule has 9 nitrogen and oxygen atoms in total. The van der Waals surface area contributed by atoms with E-state index in [0.29, 0.717) is 40.1 Å². The second kappa shape index (κ2) is 14.1. The lowest BCUT2D eigenvalue weighted by Crippen LogP contribution is -2.03. The summed E-state index contributed by atoms with van der Waals surface area (Å²) in [6.45, 7) is 1.94. The molecule has 3 N–H and O–H groups in total. The highest BCUT2D eigenvalue weighted by molar-refractivity contribution is 5.97. The Labute approximate surface area is 238 Å². The molecule has 41 heavy (non-hydrogen) atoms. The maximum Gasteiger partial charge on any atom is 0.337 e. The molecule has 0 aliphatic heterocycles. The molecule has 4 aromatic carbocycles. The number of nitrogens with one attached hydrogen (secondary N) is 1. The Morgan fingerprint density at radius 2 is 1.44 bits per heavy atom. The van der Waals surface area contributed by atoms with Crippen molar-refractivity contribution in [2.75, 3.05) is 25.3 Å². The van der Waals surface area contributed by atoms with Crippen LogP contribution < -0.4 is 15.8 Å². The third-order valence-corrected chi connectivity index (χ3v) is 5.74. The SMILES string of the molecule is C.COC(=O)c1cccc(C)c1.COC(=O)c1cccc(Nc2nccc(Oc3ccc(N)c4ccccc34)n2)c1. The first-order valence-corrected chi connectivity index (χ1v) is 12.3. The molecular weight excluding hydrogens is 520 g/mol. The van der Waals surface area contributed by atoms with Crippen molar-refractivity contribution >= 4 is 40.0 Å². The topological polar surface area (TPSA) is 126 Å². The van der Waals surface area contributed by atoms with Crippen LogP contribution in [0.4, 0.5) is 17.3 Å². The minimum atomic E-state index is -0.415. The summed E-state index contributed by atoms with van der Waals surface area (Å²) >= 11 is 0. The van der Waals surface area contributed by atoms with E-state index in [2.05, 4.69) is 20.0 Å². The Morgan fingerprint density at radius 1 is 0.780 bits per heavy atom. The minimum absolute atomic E-state index is 0. The number of anilines is 3. The number of aryl methyl sites for hydroxylation is 1. The van der Waals surface area contributed by atoms with Crippen LogP contribution in [0.3, 0.4) is 0 Å². The van der Waals surface area contributed by atoms with Crippen LogP contribution in [0.15, 0.2) is 97.2 Å². The highest BCUT2D eigenvalue weighted by Crippen LogP contribution is 2.32. The zero-order valence-electron chi connectivity index (χ0n) is 22.3. The number of aromatic nitrogens is 2. The van der Waals surface area contributed by atoms with Crippen molar-refractivity contribution in [3.05, 3.63) is 114 Å². The average Bonchev–Trinajstić information content (AvgIpc) is 2.98. The van der Waals surface area contributed by atoms with E-state index in [0.717, 1.165) is 16.3 Å². The first-order chi connectivity index (χ1) is 19.4. The van der Waals surface area contributed by atoms with Gasteiger partial charge in [-0.05, 0) is 49.4 Å². The number of nitrogens with zero attached hydrogens (tertiary/aromatic N) is 2. The molecule has 0 saturated heterocycles. The fraction of sp³-hybridized carbons (Fsp3) is 0.125. The van der Waals surface area contributed by atoms with Gasteiger partial charge in [0.15, 0.2) is 0 Å². The Balaban J connectivity index is 0.000000326. The molecule has 5 rings (SSSR count). The molecule has 1 aromatic heterocycles. The molecule has 1 heterocycles. The number of benzene rings is 4. The number of ether oxygens (including phenoxy) is 3.